The van der Waals surface area contributed by atoms with Gasteiger partial charge >= 0.3 is 0 Å². The van der Waals surface area contributed by atoms with E-state index in [1.54, 1.807) is 42.5 Å². The van der Waals surface area contributed by atoms with Gasteiger partial charge in [0.25, 0.3) is 11.8 Å². The van der Waals surface area contributed by atoms with E-state index in [1.165, 1.54) is 18.3 Å². The highest BCUT2D eigenvalue weighted by Crippen LogP contribution is 2.20. The summed E-state index contributed by atoms with van der Waals surface area (Å²) >= 11 is 3.36. The highest BCUT2D eigenvalue weighted by Gasteiger charge is 2.14. The lowest BCUT2D eigenvalue weighted by Gasteiger charge is -2.12. The number of nitrogens with zero attached hydrogens (tertiary/aromatic N) is 2. The smallest absolute Gasteiger partial charge is 0.287 e. The number of hydrogen-bond donors (Lipinski definition) is 3. The van der Waals surface area contributed by atoms with E-state index in [1.807, 2.05) is 43.3 Å². The number of benzene rings is 3. The Hall–Kier alpha value is -3.91. The van der Waals surface area contributed by atoms with E-state index in [2.05, 4.69) is 31.8 Å². The number of anilines is 1. The number of phenolic OH excluding ortho intramolecular Hbond substituents is 1. The first-order valence-corrected chi connectivity index (χ1v) is 10.8. The van der Waals surface area contributed by atoms with Gasteiger partial charge < -0.3 is 15.3 Å². The van der Waals surface area contributed by atoms with Crippen LogP contribution >= 0.6 is 15.9 Å². The lowest BCUT2D eigenvalue weighted by atomic mass is 10.1. The van der Waals surface area contributed by atoms with Crippen molar-refractivity contribution in [2.24, 2.45) is 5.10 Å². The SMILES string of the molecule is CN(C)c1ccc(/C=C(\NC(=O)c2ccccc2)C(=O)N/N=C/c2cc(O)ccc2Br)cc1. The van der Waals surface area contributed by atoms with Crippen LogP contribution in [0.1, 0.15) is 21.5 Å². The Balaban J connectivity index is 1.83. The molecule has 2 amide bonds. The Morgan fingerprint density at radius 3 is 2.36 bits per heavy atom. The van der Waals surface area contributed by atoms with Gasteiger partial charge in [0.1, 0.15) is 11.4 Å². The number of nitrogens with one attached hydrogen (secondary N) is 2. The molecule has 33 heavy (non-hydrogen) atoms. The lowest BCUT2D eigenvalue weighted by Crippen LogP contribution is -2.32. The summed E-state index contributed by atoms with van der Waals surface area (Å²) in [6.45, 7) is 0. The van der Waals surface area contributed by atoms with E-state index < -0.39 is 11.8 Å². The molecule has 0 fully saturated rings. The third kappa shape index (κ3) is 6.78. The van der Waals surface area contributed by atoms with Crippen LogP contribution in [0, 0.1) is 0 Å². The highest BCUT2D eigenvalue weighted by molar-refractivity contribution is 9.10. The third-order valence-electron chi connectivity index (χ3n) is 4.60. The number of hydrogen-bond acceptors (Lipinski definition) is 5. The number of rotatable bonds is 7. The molecule has 0 saturated carbocycles. The van der Waals surface area contributed by atoms with Gasteiger partial charge in [-0.25, -0.2) is 5.43 Å². The molecule has 7 nitrogen and oxygen atoms in total. The summed E-state index contributed by atoms with van der Waals surface area (Å²) in [5.74, 6) is -0.937. The van der Waals surface area contributed by atoms with Crippen molar-refractivity contribution in [1.29, 1.82) is 0 Å². The molecule has 3 aromatic carbocycles. The Bertz CT molecular complexity index is 1190. The van der Waals surface area contributed by atoms with E-state index in [0.717, 1.165) is 11.3 Å². The zero-order valence-electron chi connectivity index (χ0n) is 18.1. The second kappa shape index (κ2) is 11.1. The normalized spacial score (nSPS) is 11.3. The quantitative estimate of drug-likeness (QED) is 0.255. The van der Waals surface area contributed by atoms with Crippen molar-refractivity contribution in [2.75, 3.05) is 19.0 Å². The second-order valence-electron chi connectivity index (χ2n) is 7.27. The second-order valence-corrected chi connectivity index (χ2v) is 8.12. The molecule has 8 heteroatoms. The van der Waals surface area contributed by atoms with Crippen LogP contribution in [0.25, 0.3) is 6.08 Å². The fourth-order valence-electron chi connectivity index (χ4n) is 2.83. The number of amides is 2. The van der Waals surface area contributed by atoms with Crippen LogP contribution in [-0.2, 0) is 4.79 Å². The maximum Gasteiger partial charge on any atom is 0.287 e. The zero-order chi connectivity index (χ0) is 23.8. The molecule has 0 unspecified atom stereocenters. The molecule has 0 atom stereocenters. The van der Waals surface area contributed by atoms with E-state index in [-0.39, 0.29) is 11.4 Å². The highest BCUT2D eigenvalue weighted by atomic mass is 79.9. The topological polar surface area (TPSA) is 94.0 Å². The van der Waals surface area contributed by atoms with E-state index >= 15 is 0 Å². The summed E-state index contributed by atoms with van der Waals surface area (Å²) in [5, 5.41) is 16.3. The van der Waals surface area contributed by atoms with Crippen LogP contribution in [0.15, 0.2) is 88.1 Å². The minimum atomic E-state index is -0.594. The first-order chi connectivity index (χ1) is 15.8. The molecule has 3 N–H and O–H groups in total. The Morgan fingerprint density at radius 1 is 1.00 bits per heavy atom. The van der Waals surface area contributed by atoms with Gasteiger partial charge in [-0.05, 0) is 54.1 Å². The number of carbonyl (C=O) groups excluding carboxylic acids is 2. The van der Waals surface area contributed by atoms with Crippen LogP contribution in [0.2, 0.25) is 0 Å². The van der Waals surface area contributed by atoms with Crippen molar-refractivity contribution in [1.82, 2.24) is 10.7 Å². The average molecular weight is 507 g/mol. The Morgan fingerprint density at radius 2 is 1.70 bits per heavy atom. The predicted octanol–water partition coefficient (Wildman–Crippen LogP) is 4.14. The standard InChI is InChI=1S/C25H23BrN4O3/c1-30(2)20-10-8-17(9-11-20)14-23(28-24(32)18-6-4-3-5-7-18)25(33)29-27-16-19-15-21(31)12-13-22(19)26/h3-16,31H,1-2H3,(H,28,32)(H,29,33)/b23-14-,27-16+. The summed E-state index contributed by atoms with van der Waals surface area (Å²) in [5.41, 5.74) is 5.20. The molecule has 0 aromatic heterocycles. The fraction of sp³-hybridized carbons (Fsp3) is 0.0800. The fourth-order valence-corrected chi connectivity index (χ4v) is 3.18. The van der Waals surface area contributed by atoms with Gasteiger partial charge in [-0.2, -0.15) is 5.10 Å². The number of carbonyl (C=O) groups is 2. The minimum absolute atomic E-state index is 0.0357. The van der Waals surface area contributed by atoms with E-state index in [0.29, 0.717) is 15.6 Å². The zero-order valence-corrected chi connectivity index (χ0v) is 19.7. The van der Waals surface area contributed by atoms with Gasteiger partial charge in [0.15, 0.2) is 0 Å². The summed E-state index contributed by atoms with van der Waals surface area (Å²) < 4.78 is 0.701. The first kappa shape index (κ1) is 23.7. The maximum atomic E-state index is 12.9. The molecular formula is C25H23BrN4O3. The molecule has 0 spiro atoms. The van der Waals surface area contributed by atoms with Crippen LogP contribution in [0.5, 0.6) is 5.75 Å². The van der Waals surface area contributed by atoms with Gasteiger partial charge in [-0.15, -0.1) is 0 Å². The summed E-state index contributed by atoms with van der Waals surface area (Å²) in [6.07, 6.45) is 2.97. The summed E-state index contributed by atoms with van der Waals surface area (Å²) in [4.78, 5) is 27.5. The minimum Gasteiger partial charge on any atom is -0.508 e. The Labute approximate surface area is 200 Å². The third-order valence-corrected chi connectivity index (χ3v) is 5.32. The van der Waals surface area contributed by atoms with Crippen molar-refractivity contribution in [3.8, 4) is 5.75 Å². The van der Waals surface area contributed by atoms with E-state index in [9.17, 15) is 14.7 Å². The van der Waals surface area contributed by atoms with Crippen LogP contribution in [0.3, 0.4) is 0 Å². The van der Waals surface area contributed by atoms with Gasteiger partial charge in [-0.3, -0.25) is 9.59 Å². The van der Waals surface area contributed by atoms with Gasteiger partial charge in [0.2, 0.25) is 0 Å². The number of phenols is 1. The molecule has 0 aliphatic carbocycles. The van der Waals surface area contributed by atoms with Gasteiger partial charge in [0.05, 0.1) is 6.21 Å². The van der Waals surface area contributed by atoms with Crippen LogP contribution < -0.4 is 15.6 Å². The molecule has 0 radical (unpaired) electrons. The molecule has 168 valence electrons. The molecule has 3 rings (SSSR count). The number of aromatic hydroxyl groups is 1. The van der Waals surface area contributed by atoms with Crippen molar-refractivity contribution in [3.63, 3.8) is 0 Å². The summed E-state index contributed by atoms with van der Waals surface area (Å²) in [7, 11) is 3.87. The average Bonchev–Trinajstić information content (AvgIpc) is 2.81. The van der Waals surface area contributed by atoms with Gasteiger partial charge in [-0.1, -0.05) is 46.3 Å². The summed E-state index contributed by atoms with van der Waals surface area (Å²) in [6, 6.07) is 20.8. The van der Waals surface area contributed by atoms with Gasteiger partial charge in [0, 0.05) is 35.4 Å². The lowest BCUT2D eigenvalue weighted by molar-refractivity contribution is -0.117. The molecular weight excluding hydrogens is 484 g/mol. The van der Waals surface area contributed by atoms with Crippen molar-refractivity contribution in [2.45, 2.75) is 0 Å². The van der Waals surface area contributed by atoms with E-state index in [4.69, 9.17) is 0 Å². The molecule has 0 saturated heterocycles. The predicted molar refractivity (Wildman–Crippen MR) is 134 cm³/mol. The number of halogens is 1. The molecule has 0 aliphatic rings. The van der Waals surface area contributed by atoms with Crippen molar-refractivity contribution < 1.29 is 14.7 Å². The number of hydrazone groups is 1. The maximum absolute atomic E-state index is 12.9. The molecule has 0 bridgehead atoms. The first-order valence-electron chi connectivity index (χ1n) is 10.0. The van der Waals surface area contributed by atoms with Crippen molar-refractivity contribution in [3.05, 3.63) is 99.7 Å². The largest absolute Gasteiger partial charge is 0.508 e. The Kier molecular flexibility index (Phi) is 7.99. The molecule has 0 heterocycles. The van der Waals surface area contributed by atoms with Crippen LogP contribution in [-0.4, -0.2) is 37.2 Å². The molecule has 3 aromatic rings. The van der Waals surface area contributed by atoms with Crippen LogP contribution in [0.4, 0.5) is 5.69 Å². The van der Waals surface area contributed by atoms with Crippen molar-refractivity contribution >= 4 is 45.7 Å². The molecule has 0 aliphatic heterocycles. The monoisotopic (exact) mass is 506 g/mol.